The number of benzene rings is 2. The summed E-state index contributed by atoms with van der Waals surface area (Å²) in [6, 6.07) is 8.36. The third-order valence-electron chi connectivity index (χ3n) is 4.51. The molecule has 1 N–H and O–H groups in total. The average Bonchev–Trinajstić information content (AvgIpc) is 3.08. The lowest BCUT2D eigenvalue weighted by Gasteiger charge is -2.17. The van der Waals surface area contributed by atoms with Crippen molar-refractivity contribution < 1.29 is 18.0 Å². The van der Waals surface area contributed by atoms with Crippen LogP contribution in [0.5, 0.6) is 0 Å². The van der Waals surface area contributed by atoms with Crippen LogP contribution in [-0.2, 0) is 0 Å². The number of halogens is 4. The molecule has 0 bridgehead atoms. The smallest absolute Gasteiger partial charge is 0.253 e. The predicted molar refractivity (Wildman–Crippen MR) is 96.9 cm³/mol. The molecule has 1 unspecified atom stereocenters. The monoisotopic (exact) mass is 384 g/mol. The van der Waals surface area contributed by atoms with E-state index >= 15 is 0 Å². The largest absolute Gasteiger partial charge is 0.338 e. The van der Waals surface area contributed by atoms with Gasteiger partial charge in [0.25, 0.3) is 5.91 Å². The summed E-state index contributed by atoms with van der Waals surface area (Å²) < 4.78 is 39.8. The van der Waals surface area contributed by atoms with Gasteiger partial charge in [0.05, 0.1) is 0 Å². The summed E-state index contributed by atoms with van der Waals surface area (Å²) in [5.74, 6) is -3.55. The van der Waals surface area contributed by atoms with Crippen LogP contribution in [0.1, 0.15) is 16.8 Å². The Hall–Kier alpha value is -2.05. The van der Waals surface area contributed by atoms with E-state index in [1.165, 1.54) is 0 Å². The maximum atomic E-state index is 13.4. The van der Waals surface area contributed by atoms with Crippen LogP contribution in [0.2, 0.25) is 0 Å². The van der Waals surface area contributed by atoms with Crippen LogP contribution in [-0.4, -0.2) is 37.5 Å². The molecule has 1 aliphatic heterocycles. The fourth-order valence-electron chi connectivity index (χ4n) is 3.18. The van der Waals surface area contributed by atoms with E-state index in [1.54, 1.807) is 24.3 Å². The molecule has 7 heteroatoms. The van der Waals surface area contributed by atoms with Crippen molar-refractivity contribution in [2.24, 2.45) is 5.92 Å². The molecule has 3 nitrogen and oxygen atoms in total. The Bertz CT molecular complexity index is 760. The van der Waals surface area contributed by atoms with Gasteiger partial charge in [0.15, 0.2) is 17.5 Å². The van der Waals surface area contributed by atoms with E-state index in [-0.39, 0.29) is 23.9 Å². The molecule has 0 spiro atoms. The molecule has 1 amide bonds. The van der Waals surface area contributed by atoms with Crippen LogP contribution in [0.15, 0.2) is 36.4 Å². The fourth-order valence-corrected chi connectivity index (χ4v) is 3.18. The van der Waals surface area contributed by atoms with Gasteiger partial charge < -0.3 is 10.2 Å². The summed E-state index contributed by atoms with van der Waals surface area (Å²) in [6.45, 7) is 2.32. The normalized spacial score (nSPS) is 16.5. The minimum Gasteiger partial charge on any atom is -0.338 e. The molecule has 1 heterocycles. The zero-order valence-electron chi connectivity index (χ0n) is 14.3. The topological polar surface area (TPSA) is 32.3 Å². The Morgan fingerprint density at radius 2 is 1.73 bits per heavy atom. The summed E-state index contributed by atoms with van der Waals surface area (Å²) in [5, 5.41) is 3.12. The van der Waals surface area contributed by atoms with E-state index in [1.807, 2.05) is 11.9 Å². The molecule has 0 aliphatic carbocycles. The highest BCUT2D eigenvalue weighted by Crippen LogP contribution is 2.25. The highest BCUT2D eigenvalue weighted by molar-refractivity contribution is 5.94. The SMILES string of the molecule is CNCC1CCN(C(=O)c2ccc(-c3cc(F)c(F)c(F)c3)cc2)C1.Cl. The first-order chi connectivity index (χ1) is 12.0. The number of likely N-dealkylation sites (tertiary alicyclic amines) is 1. The summed E-state index contributed by atoms with van der Waals surface area (Å²) in [6.07, 6.45) is 0.971. The van der Waals surface area contributed by atoms with Crippen molar-refractivity contribution in [3.8, 4) is 11.1 Å². The fraction of sp³-hybridized carbons (Fsp3) is 0.316. The number of nitrogens with zero attached hydrogens (tertiary/aromatic N) is 1. The van der Waals surface area contributed by atoms with E-state index in [9.17, 15) is 18.0 Å². The zero-order valence-corrected chi connectivity index (χ0v) is 15.1. The van der Waals surface area contributed by atoms with Gasteiger partial charge in [-0.2, -0.15) is 0 Å². The van der Waals surface area contributed by atoms with Gasteiger partial charge >= 0.3 is 0 Å². The van der Waals surface area contributed by atoms with E-state index in [0.29, 0.717) is 17.0 Å². The first-order valence-corrected chi connectivity index (χ1v) is 8.18. The highest BCUT2D eigenvalue weighted by Gasteiger charge is 2.26. The number of amides is 1. The van der Waals surface area contributed by atoms with E-state index in [4.69, 9.17) is 0 Å². The predicted octanol–water partition coefficient (Wildman–Crippen LogP) is 3.87. The quantitative estimate of drug-likeness (QED) is 0.811. The molecule has 1 fully saturated rings. The third kappa shape index (κ3) is 4.19. The molecule has 0 aromatic heterocycles. The second kappa shape index (κ2) is 8.56. The number of hydrogen-bond donors (Lipinski definition) is 1. The average molecular weight is 385 g/mol. The second-order valence-electron chi connectivity index (χ2n) is 6.29. The Kier molecular flexibility index (Phi) is 6.67. The lowest BCUT2D eigenvalue weighted by Crippen LogP contribution is -2.30. The van der Waals surface area contributed by atoms with Crippen LogP contribution >= 0.6 is 12.4 Å². The zero-order chi connectivity index (χ0) is 18.0. The molecule has 1 saturated heterocycles. The lowest BCUT2D eigenvalue weighted by molar-refractivity contribution is 0.0787. The summed E-state index contributed by atoms with van der Waals surface area (Å²) in [7, 11) is 1.89. The van der Waals surface area contributed by atoms with Gasteiger partial charge in [-0.25, -0.2) is 13.2 Å². The molecular formula is C19H20ClF3N2O. The van der Waals surface area contributed by atoms with Crippen molar-refractivity contribution in [1.29, 1.82) is 0 Å². The first-order valence-electron chi connectivity index (χ1n) is 8.18. The van der Waals surface area contributed by atoms with Gasteiger partial charge in [-0.1, -0.05) is 12.1 Å². The first kappa shape index (κ1) is 20.3. The van der Waals surface area contributed by atoms with E-state index < -0.39 is 17.5 Å². The Morgan fingerprint density at radius 1 is 1.12 bits per heavy atom. The van der Waals surface area contributed by atoms with E-state index in [2.05, 4.69) is 5.32 Å². The van der Waals surface area contributed by atoms with Gasteiger partial charge in [-0.15, -0.1) is 12.4 Å². The molecule has 1 aliphatic rings. The van der Waals surface area contributed by atoms with Crippen LogP contribution < -0.4 is 5.32 Å². The van der Waals surface area contributed by atoms with Crippen molar-refractivity contribution in [3.05, 3.63) is 59.4 Å². The minimum atomic E-state index is -1.49. The van der Waals surface area contributed by atoms with Crippen LogP contribution in [0.4, 0.5) is 13.2 Å². The number of hydrogen-bond acceptors (Lipinski definition) is 2. The summed E-state index contributed by atoms with van der Waals surface area (Å²) in [4.78, 5) is 14.3. The second-order valence-corrected chi connectivity index (χ2v) is 6.29. The van der Waals surface area contributed by atoms with Crippen molar-refractivity contribution in [1.82, 2.24) is 10.2 Å². The number of rotatable bonds is 4. The molecule has 1 atom stereocenters. The number of carbonyl (C=O) groups is 1. The molecule has 2 aromatic carbocycles. The molecule has 3 rings (SSSR count). The maximum Gasteiger partial charge on any atom is 0.253 e. The lowest BCUT2D eigenvalue weighted by atomic mass is 10.0. The van der Waals surface area contributed by atoms with Gasteiger partial charge in [0.2, 0.25) is 0 Å². The molecule has 2 aromatic rings. The van der Waals surface area contributed by atoms with Gasteiger partial charge in [0, 0.05) is 18.7 Å². The van der Waals surface area contributed by atoms with Crippen molar-refractivity contribution in [2.45, 2.75) is 6.42 Å². The van der Waals surface area contributed by atoms with Crippen molar-refractivity contribution >= 4 is 18.3 Å². The molecule has 0 saturated carbocycles. The summed E-state index contributed by atoms with van der Waals surface area (Å²) >= 11 is 0. The van der Waals surface area contributed by atoms with Crippen molar-refractivity contribution in [2.75, 3.05) is 26.7 Å². The molecule has 140 valence electrons. The standard InChI is InChI=1S/C19H19F3N2O.ClH/c1-23-10-12-6-7-24(11-12)19(25)14-4-2-13(3-5-14)15-8-16(20)18(22)17(21)9-15;/h2-5,8-9,12,23H,6-7,10-11H2,1H3;1H. The van der Waals surface area contributed by atoms with Crippen molar-refractivity contribution in [3.63, 3.8) is 0 Å². The third-order valence-corrected chi connectivity index (χ3v) is 4.51. The van der Waals surface area contributed by atoms with Crippen LogP contribution in [0.25, 0.3) is 11.1 Å². The molecule has 26 heavy (non-hydrogen) atoms. The highest BCUT2D eigenvalue weighted by atomic mass is 35.5. The van der Waals surface area contributed by atoms with Gasteiger partial charge in [0.1, 0.15) is 0 Å². The van der Waals surface area contributed by atoms with Crippen LogP contribution in [0.3, 0.4) is 0 Å². The van der Waals surface area contributed by atoms with Crippen LogP contribution in [0, 0.1) is 23.4 Å². The van der Waals surface area contributed by atoms with E-state index in [0.717, 1.165) is 38.2 Å². The summed E-state index contributed by atoms with van der Waals surface area (Å²) in [5.41, 5.74) is 1.27. The maximum absolute atomic E-state index is 13.4. The van der Waals surface area contributed by atoms with Gasteiger partial charge in [-0.3, -0.25) is 4.79 Å². The Balaban J connectivity index is 0.00000243. The molecular weight excluding hydrogens is 365 g/mol. The minimum absolute atomic E-state index is 0. The Labute approximate surface area is 156 Å². The number of carbonyl (C=O) groups excluding carboxylic acids is 1. The Morgan fingerprint density at radius 3 is 2.31 bits per heavy atom. The van der Waals surface area contributed by atoms with Gasteiger partial charge in [-0.05, 0) is 61.3 Å². The number of nitrogens with one attached hydrogen (secondary N) is 1. The molecule has 0 radical (unpaired) electrons.